The van der Waals surface area contributed by atoms with Crippen LogP contribution < -0.4 is 5.32 Å². The fraction of sp³-hybridized carbons (Fsp3) is 0.600. The summed E-state index contributed by atoms with van der Waals surface area (Å²) in [7, 11) is 0. The van der Waals surface area contributed by atoms with E-state index in [0.29, 0.717) is 18.5 Å². The quantitative estimate of drug-likeness (QED) is 0.882. The molecule has 82 valence electrons. The van der Waals surface area contributed by atoms with E-state index in [1.54, 1.807) is 11.3 Å². The summed E-state index contributed by atoms with van der Waals surface area (Å²) in [6.07, 6.45) is 0. The third kappa shape index (κ3) is 2.95. The van der Waals surface area contributed by atoms with Crippen LogP contribution in [0.1, 0.15) is 19.5 Å². The molecule has 1 fully saturated rings. The number of amidine groups is 1. The number of aromatic nitrogens is 1. The van der Waals surface area contributed by atoms with E-state index in [4.69, 9.17) is 0 Å². The summed E-state index contributed by atoms with van der Waals surface area (Å²) < 4.78 is 0. The average molecular weight is 241 g/mol. The van der Waals surface area contributed by atoms with Gasteiger partial charge in [-0.05, 0) is 5.92 Å². The molecule has 1 aliphatic rings. The van der Waals surface area contributed by atoms with Crippen LogP contribution >= 0.6 is 23.1 Å². The lowest BCUT2D eigenvalue weighted by Gasteiger charge is -2.12. The minimum atomic E-state index is 0.573. The van der Waals surface area contributed by atoms with E-state index in [1.165, 1.54) is 0 Å². The second-order valence-corrected chi connectivity index (χ2v) is 5.63. The van der Waals surface area contributed by atoms with Crippen LogP contribution in [-0.2, 0) is 6.54 Å². The molecule has 0 aromatic carbocycles. The van der Waals surface area contributed by atoms with Gasteiger partial charge in [-0.1, -0.05) is 25.6 Å². The second-order valence-electron chi connectivity index (χ2n) is 3.91. The van der Waals surface area contributed by atoms with Gasteiger partial charge in [-0.3, -0.25) is 4.99 Å². The molecule has 2 rings (SSSR count). The Bertz CT molecular complexity index is 332. The van der Waals surface area contributed by atoms with Gasteiger partial charge in [0.2, 0.25) is 0 Å². The number of thioether (sulfide) groups is 1. The zero-order valence-electron chi connectivity index (χ0n) is 8.93. The Hall–Kier alpha value is -0.550. The molecule has 1 unspecified atom stereocenters. The molecule has 2 heterocycles. The Kier molecular flexibility index (Phi) is 3.64. The van der Waals surface area contributed by atoms with Crippen LogP contribution in [0, 0.1) is 5.92 Å². The summed E-state index contributed by atoms with van der Waals surface area (Å²) >= 11 is 3.44. The molecule has 0 radical (unpaired) electrons. The van der Waals surface area contributed by atoms with Crippen LogP contribution in [0.25, 0.3) is 0 Å². The Labute approximate surface area is 98.4 Å². The van der Waals surface area contributed by atoms with Crippen molar-refractivity contribution in [3.05, 3.63) is 16.6 Å². The van der Waals surface area contributed by atoms with Crippen LogP contribution in [-0.4, -0.2) is 21.9 Å². The lowest BCUT2D eigenvalue weighted by molar-refractivity contribution is 0.503. The smallest absolute Gasteiger partial charge is 0.157 e. The highest BCUT2D eigenvalue weighted by Gasteiger charge is 2.22. The number of hydrogen-bond acceptors (Lipinski definition) is 4. The van der Waals surface area contributed by atoms with Gasteiger partial charge in [0.15, 0.2) is 5.17 Å². The number of rotatable bonds is 3. The van der Waals surface area contributed by atoms with E-state index >= 15 is 0 Å². The predicted molar refractivity (Wildman–Crippen MR) is 67.5 cm³/mol. The van der Waals surface area contributed by atoms with Gasteiger partial charge in [0, 0.05) is 17.2 Å². The molecule has 0 spiro atoms. The lowest BCUT2D eigenvalue weighted by atomic mass is 10.1. The largest absolute Gasteiger partial charge is 0.361 e. The predicted octanol–water partition coefficient (Wildman–Crippen LogP) is 2.36. The molecule has 1 aromatic heterocycles. The summed E-state index contributed by atoms with van der Waals surface area (Å²) in [5, 5.41) is 6.56. The van der Waals surface area contributed by atoms with E-state index in [2.05, 4.69) is 29.1 Å². The molecule has 15 heavy (non-hydrogen) atoms. The maximum atomic E-state index is 4.51. The third-order valence-electron chi connectivity index (χ3n) is 2.38. The zero-order valence-corrected chi connectivity index (χ0v) is 10.6. The molecule has 0 aliphatic carbocycles. The molecule has 0 bridgehead atoms. The standard InChI is InChI=1S/C10H15N3S2/c1-7(2)9-5-15-10(13-9)11-3-8-4-14-6-12-8/h4,6-7,9H,3,5H2,1-2H3,(H,11,13). The maximum absolute atomic E-state index is 4.51. The monoisotopic (exact) mass is 241 g/mol. The van der Waals surface area contributed by atoms with E-state index in [0.717, 1.165) is 16.6 Å². The molecule has 5 heteroatoms. The van der Waals surface area contributed by atoms with Crippen molar-refractivity contribution in [2.24, 2.45) is 10.9 Å². The molecular weight excluding hydrogens is 226 g/mol. The number of aliphatic imine (C=N–C) groups is 1. The van der Waals surface area contributed by atoms with Crippen molar-refractivity contribution in [3.63, 3.8) is 0 Å². The van der Waals surface area contributed by atoms with Crippen molar-refractivity contribution in [3.8, 4) is 0 Å². The van der Waals surface area contributed by atoms with E-state index in [-0.39, 0.29) is 0 Å². The summed E-state index contributed by atoms with van der Waals surface area (Å²) in [6, 6.07) is 0.573. The molecule has 1 aliphatic heterocycles. The first-order valence-electron chi connectivity index (χ1n) is 5.06. The molecular formula is C10H15N3S2. The topological polar surface area (TPSA) is 37.3 Å². The van der Waals surface area contributed by atoms with E-state index in [9.17, 15) is 0 Å². The minimum absolute atomic E-state index is 0.573. The van der Waals surface area contributed by atoms with Gasteiger partial charge in [0.1, 0.15) is 0 Å². The van der Waals surface area contributed by atoms with Crippen LogP contribution in [0.3, 0.4) is 0 Å². The first-order chi connectivity index (χ1) is 7.25. The van der Waals surface area contributed by atoms with Crippen molar-refractivity contribution in [1.29, 1.82) is 0 Å². The Morgan fingerprint density at radius 3 is 3.13 bits per heavy atom. The van der Waals surface area contributed by atoms with Crippen LogP contribution in [0.4, 0.5) is 0 Å². The number of nitrogens with zero attached hydrogens (tertiary/aromatic N) is 2. The number of hydrogen-bond donors (Lipinski definition) is 1. The van der Waals surface area contributed by atoms with E-state index in [1.807, 2.05) is 22.7 Å². The van der Waals surface area contributed by atoms with Crippen LogP contribution in [0.15, 0.2) is 15.9 Å². The first kappa shape index (κ1) is 11.0. The van der Waals surface area contributed by atoms with Gasteiger partial charge < -0.3 is 5.32 Å². The Morgan fingerprint density at radius 2 is 2.53 bits per heavy atom. The molecule has 0 amide bonds. The highest BCUT2D eigenvalue weighted by Crippen LogP contribution is 2.19. The Morgan fingerprint density at radius 1 is 1.67 bits per heavy atom. The lowest BCUT2D eigenvalue weighted by Crippen LogP contribution is -2.31. The van der Waals surface area contributed by atoms with Crippen molar-refractivity contribution in [2.75, 3.05) is 5.75 Å². The normalized spacial score (nSPS) is 23.7. The molecule has 3 nitrogen and oxygen atoms in total. The number of nitrogens with one attached hydrogen (secondary N) is 1. The fourth-order valence-electron chi connectivity index (χ4n) is 1.33. The molecule has 1 saturated heterocycles. The first-order valence-corrected chi connectivity index (χ1v) is 6.99. The highest BCUT2D eigenvalue weighted by atomic mass is 32.2. The summed E-state index contributed by atoms with van der Waals surface area (Å²) in [4.78, 5) is 8.72. The van der Waals surface area contributed by atoms with Crippen LogP contribution in [0.2, 0.25) is 0 Å². The molecule has 1 N–H and O–H groups in total. The van der Waals surface area contributed by atoms with E-state index < -0.39 is 0 Å². The third-order valence-corrected chi connectivity index (χ3v) is 4.06. The Balaban J connectivity index is 1.88. The van der Waals surface area contributed by atoms with Crippen molar-refractivity contribution in [1.82, 2.24) is 10.3 Å². The van der Waals surface area contributed by atoms with Crippen molar-refractivity contribution < 1.29 is 0 Å². The van der Waals surface area contributed by atoms with Gasteiger partial charge in [-0.15, -0.1) is 11.3 Å². The SMILES string of the molecule is CC(C)C1CSC(=NCc2cscn2)N1. The maximum Gasteiger partial charge on any atom is 0.157 e. The van der Waals surface area contributed by atoms with Gasteiger partial charge in [0.05, 0.1) is 17.7 Å². The molecule has 1 aromatic rings. The zero-order chi connectivity index (χ0) is 10.7. The van der Waals surface area contributed by atoms with Gasteiger partial charge in [-0.25, -0.2) is 4.98 Å². The van der Waals surface area contributed by atoms with Crippen LogP contribution in [0.5, 0.6) is 0 Å². The van der Waals surface area contributed by atoms with Gasteiger partial charge in [0.25, 0.3) is 0 Å². The minimum Gasteiger partial charge on any atom is -0.361 e. The molecule has 1 atom stereocenters. The fourth-order valence-corrected chi connectivity index (χ4v) is 3.08. The van der Waals surface area contributed by atoms with Crippen molar-refractivity contribution >= 4 is 28.3 Å². The number of thiazole rings is 1. The molecule has 0 saturated carbocycles. The summed E-state index contributed by atoms with van der Waals surface area (Å²) in [5.41, 5.74) is 2.91. The van der Waals surface area contributed by atoms with Gasteiger partial charge >= 0.3 is 0 Å². The summed E-state index contributed by atoms with van der Waals surface area (Å²) in [6.45, 7) is 5.17. The second kappa shape index (κ2) is 4.99. The summed E-state index contributed by atoms with van der Waals surface area (Å²) in [5.74, 6) is 1.80. The highest BCUT2D eigenvalue weighted by molar-refractivity contribution is 8.14. The average Bonchev–Trinajstić information content (AvgIpc) is 2.86. The van der Waals surface area contributed by atoms with Crippen molar-refractivity contribution in [2.45, 2.75) is 26.4 Å². The van der Waals surface area contributed by atoms with Gasteiger partial charge in [-0.2, -0.15) is 0 Å².